The Morgan fingerprint density at radius 1 is 1.21 bits per heavy atom. The second kappa shape index (κ2) is 7.09. The quantitative estimate of drug-likeness (QED) is 0.846. The third-order valence-corrected chi connectivity index (χ3v) is 4.83. The van der Waals surface area contributed by atoms with Crippen LogP contribution in [0.4, 0.5) is 5.69 Å². The van der Waals surface area contributed by atoms with Gasteiger partial charge in [0.05, 0.1) is 6.54 Å². The Hall–Kier alpha value is -1.63. The SMILES string of the molecule is Clc1cccc(N2CCN(Cc3noc(C4CCCO4)n3)CC2)c1. The van der Waals surface area contributed by atoms with Gasteiger partial charge in [-0.2, -0.15) is 4.98 Å². The molecule has 2 saturated heterocycles. The average Bonchev–Trinajstić information content (AvgIpc) is 3.27. The number of aromatic nitrogens is 2. The molecule has 0 spiro atoms. The molecule has 4 rings (SSSR count). The zero-order valence-electron chi connectivity index (χ0n) is 13.5. The summed E-state index contributed by atoms with van der Waals surface area (Å²) in [5, 5.41) is 4.89. The van der Waals surface area contributed by atoms with Gasteiger partial charge in [-0.05, 0) is 31.0 Å². The molecular weight excluding hydrogens is 328 g/mol. The van der Waals surface area contributed by atoms with Crippen LogP contribution in [0.3, 0.4) is 0 Å². The summed E-state index contributed by atoms with van der Waals surface area (Å²) in [6.45, 7) is 5.38. The van der Waals surface area contributed by atoms with Crippen molar-refractivity contribution in [3.63, 3.8) is 0 Å². The normalized spacial score (nSPS) is 22.2. The average molecular weight is 349 g/mol. The zero-order chi connectivity index (χ0) is 16.4. The first-order valence-electron chi connectivity index (χ1n) is 8.45. The molecule has 24 heavy (non-hydrogen) atoms. The number of benzene rings is 1. The molecule has 0 N–H and O–H groups in total. The summed E-state index contributed by atoms with van der Waals surface area (Å²) in [5.74, 6) is 1.37. The van der Waals surface area contributed by atoms with Crippen molar-refractivity contribution < 1.29 is 9.26 Å². The lowest BCUT2D eigenvalue weighted by atomic mass is 10.2. The lowest BCUT2D eigenvalue weighted by Gasteiger charge is -2.35. The summed E-state index contributed by atoms with van der Waals surface area (Å²) in [7, 11) is 0. The maximum atomic E-state index is 6.08. The van der Waals surface area contributed by atoms with Gasteiger partial charge < -0.3 is 14.2 Å². The summed E-state index contributed by atoms with van der Waals surface area (Å²) in [6.07, 6.45) is 2.03. The van der Waals surface area contributed by atoms with Gasteiger partial charge in [-0.25, -0.2) is 0 Å². The monoisotopic (exact) mass is 348 g/mol. The van der Waals surface area contributed by atoms with Crippen LogP contribution in [0.2, 0.25) is 5.02 Å². The highest BCUT2D eigenvalue weighted by Gasteiger charge is 2.25. The molecule has 2 aliphatic rings. The molecule has 0 aliphatic carbocycles. The molecule has 0 radical (unpaired) electrons. The number of anilines is 1. The smallest absolute Gasteiger partial charge is 0.255 e. The van der Waals surface area contributed by atoms with Crippen molar-refractivity contribution in [1.82, 2.24) is 15.0 Å². The molecule has 7 heteroatoms. The van der Waals surface area contributed by atoms with Crippen LogP contribution in [0.1, 0.15) is 30.7 Å². The van der Waals surface area contributed by atoms with E-state index in [4.69, 9.17) is 20.9 Å². The van der Waals surface area contributed by atoms with E-state index in [9.17, 15) is 0 Å². The highest BCUT2D eigenvalue weighted by molar-refractivity contribution is 6.30. The second-order valence-corrected chi connectivity index (χ2v) is 6.73. The van der Waals surface area contributed by atoms with Gasteiger partial charge in [0.15, 0.2) is 5.82 Å². The largest absolute Gasteiger partial charge is 0.369 e. The second-order valence-electron chi connectivity index (χ2n) is 6.29. The van der Waals surface area contributed by atoms with E-state index in [1.54, 1.807) is 0 Å². The van der Waals surface area contributed by atoms with Crippen molar-refractivity contribution in [3.8, 4) is 0 Å². The number of hydrogen-bond donors (Lipinski definition) is 0. The van der Waals surface area contributed by atoms with E-state index in [1.807, 2.05) is 18.2 Å². The summed E-state index contributed by atoms with van der Waals surface area (Å²) in [4.78, 5) is 9.21. The van der Waals surface area contributed by atoms with Crippen LogP contribution in [0.15, 0.2) is 28.8 Å². The van der Waals surface area contributed by atoms with Gasteiger partial charge in [0.25, 0.3) is 5.89 Å². The Bertz CT molecular complexity index is 679. The lowest BCUT2D eigenvalue weighted by Crippen LogP contribution is -2.46. The minimum Gasteiger partial charge on any atom is -0.369 e. The predicted octanol–water partition coefficient (Wildman–Crippen LogP) is 2.90. The number of ether oxygens (including phenoxy) is 1. The minimum atomic E-state index is -0.00840. The number of piperazine rings is 1. The van der Waals surface area contributed by atoms with Gasteiger partial charge in [-0.1, -0.05) is 22.8 Å². The number of halogens is 1. The first kappa shape index (κ1) is 15.9. The van der Waals surface area contributed by atoms with E-state index >= 15 is 0 Å². The topological polar surface area (TPSA) is 54.6 Å². The maximum absolute atomic E-state index is 6.08. The van der Waals surface area contributed by atoms with E-state index in [-0.39, 0.29) is 6.10 Å². The van der Waals surface area contributed by atoms with Crippen LogP contribution in [-0.2, 0) is 11.3 Å². The molecular formula is C17H21ClN4O2. The maximum Gasteiger partial charge on any atom is 0.255 e. The van der Waals surface area contributed by atoms with Crippen molar-refractivity contribution in [2.75, 3.05) is 37.7 Å². The molecule has 6 nitrogen and oxygen atoms in total. The van der Waals surface area contributed by atoms with Gasteiger partial charge in [-0.3, -0.25) is 4.90 Å². The first-order chi connectivity index (χ1) is 11.8. The third kappa shape index (κ3) is 3.55. The van der Waals surface area contributed by atoms with Crippen LogP contribution in [0.25, 0.3) is 0 Å². The zero-order valence-corrected chi connectivity index (χ0v) is 14.3. The van der Waals surface area contributed by atoms with Crippen molar-refractivity contribution >= 4 is 17.3 Å². The fourth-order valence-electron chi connectivity index (χ4n) is 3.27. The van der Waals surface area contributed by atoms with Crippen molar-refractivity contribution in [1.29, 1.82) is 0 Å². The van der Waals surface area contributed by atoms with Gasteiger partial charge in [0.1, 0.15) is 6.10 Å². The van der Waals surface area contributed by atoms with Gasteiger partial charge >= 0.3 is 0 Å². The van der Waals surface area contributed by atoms with E-state index < -0.39 is 0 Å². The number of hydrogen-bond acceptors (Lipinski definition) is 6. The van der Waals surface area contributed by atoms with Crippen molar-refractivity contribution in [3.05, 3.63) is 41.0 Å². The molecule has 1 unspecified atom stereocenters. The first-order valence-corrected chi connectivity index (χ1v) is 8.83. The van der Waals surface area contributed by atoms with E-state index in [0.29, 0.717) is 5.89 Å². The molecule has 0 amide bonds. The molecule has 2 aliphatic heterocycles. The summed E-state index contributed by atoms with van der Waals surface area (Å²) >= 11 is 6.08. The van der Waals surface area contributed by atoms with Gasteiger partial charge in [0.2, 0.25) is 0 Å². The molecule has 3 heterocycles. The fourth-order valence-corrected chi connectivity index (χ4v) is 3.46. The third-order valence-electron chi connectivity index (χ3n) is 4.60. The Kier molecular flexibility index (Phi) is 4.69. The summed E-state index contributed by atoms with van der Waals surface area (Å²) < 4.78 is 10.9. The van der Waals surface area contributed by atoms with Gasteiger partial charge in [0, 0.05) is 43.5 Å². The number of rotatable bonds is 4. The van der Waals surface area contributed by atoms with E-state index in [2.05, 4.69) is 26.0 Å². The Balaban J connectivity index is 1.31. The molecule has 2 aromatic rings. The van der Waals surface area contributed by atoms with Crippen LogP contribution >= 0.6 is 11.6 Å². The van der Waals surface area contributed by atoms with E-state index in [0.717, 1.165) is 63.0 Å². The fraction of sp³-hybridized carbons (Fsp3) is 0.529. The molecule has 0 saturated carbocycles. The van der Waals surface area contributed by atoms with Gasteiger partial charge in [-0.15, -0.1) is 0 Å². The van der Waals surface area contributed by atoms with E-state index in [1.165, 1.54) is 5.69 Å². The highest BCUT2D eigenvalue weighted by atomic mass is 35.5. The molecule has 1 aromatic carbocycles. The molecule has 128 valence electrons. The van der Waals surface area contributed by atoms with Crippen LogP contribution in [0, 0.1) is 0 Å². The van der Waals surface area contributed by atoms with Crippen LogP contribution in [0.5, 0.6) is 0 Å². The highest BCUT2D eigenvalue weighted by Crippen LogP contribution is 2.27. The molecule has 1 atom stereocenters. The van der Waals surface area contributed by atoms with Crippen LogP contribution in [-0.4, -0.2) is 47.8 Å². The number of nitrogens with zero attached hydrogens (tertiary/aromatic N) is 4. The van der Waals surface area contributed by atoms with Crippen molar-refractivity contribution in [2.24, 2.45) is 0 Å². The summed E-state index contributed by atoms with van der Waals surface area (Å²) in [5.41, 5.74) is 1.18. The lowest BCUT2D eigenvalue weighted by molar-refractivity contribution is 0.0835. The standard InChI is InChI=1S/C17H21ClN4O2/c18-13-3-1-4-14(11-13)22-8-6-21(7-9-22)12-16-19-17(24-20-16)15-5-2-10-23-15/h1,3-4,11,15H,2,5-10,12H2. The Morgan fingerprint density at radius 2 is 2.08 bits per heavy atom. The minimum absolute atomic E-state index is 0.00840. The molecule has 2 fully saturated rings. The Labute approximate surface area is 146 Å². The van der Waals surface area contributed by atoms with Crippen LogP contribution < -0.4 is 4.90 Å². The summed E-state index contributed by atoms with van der Waals surface area (Å²) in [6, 6.07) is 8.03. The Morgan fingerprint density at radius 3 is 2.83 bits per heavy atom. The molecule has 1 aromatic heterocycles. The molecule has 0 bridgehead atoms. The predicted molar refractivity (Wildman–Crippen MR) is 91.2 cm³/mol. The van der Waals surface area contributed by atoms with Crippen molar-refractivity contribution in [2.45, 2.75) is 25.5 Å².